The van der Waals surface area contributed by atoms with E-state index in [2.05, 4.69) is 29.2 Å². The molecule has 5 rings (SSSR count). The number of likely N-dealkylation sites (tertiary alicyclic amines) is 2. The highest BCUT2D eigenvalue weighted by Gasteiger charge is 2.50. The van der Waals surface area contributed by atoms with E-state index in [0.29, 0.717) is 44.5 Å². The summed E-state index contributed by atoms with van der Waals surface area (Å²) in [7, 11) is 3.73. The van der Waals surface area contributed by atoms with Crippen LogP contribution >= 0.6 is 46.4 Å². The van der Waals surface area contributed by atoms with Crippen molar-refractivity contribution in [1.82, 2.24) is 14.7 Å². The van der Waals surface area contributed by atoms with Gasteiger partial charge in [-0.3, -0.25) is 9.59 Å². The van der Waals surface area contributed by atoms with Gasteiger partial charge >= 0.3 is 0 Å². The summed E-state index contributed by atoms with van der Waals surface area (Å²) in [5, 5.41) is 1.86. The van der Waals surface area contributed by atoms with E-state index in [4.69, 9.17) is 46.4 Å². The molecule has 1 aliphatic carbocycles. The third-order valence-corrected chi connectivity index (χ3v) is 10.3. The second kappa shape index (κ2) is 12.7. The number of amides is 2. The quantitative estimate of drug-likeness (QED) is 0.315. The van der Waals surface area contributed by atoms with Crippen LogP contribution in [0.15, 0.2) is 60.7 Å². The molecule has 0 N–H and O–H groups in total. The molecule has 2 amide bonds. The molecule has 2 aromatic rings. The molecule has 9 heteroatoms. The summed E-state index contributed by atoms with van der Waals surface area (Å²) < 4.78 is 0. The van der Waals surface area contributed by atoms with E-state index in [0.717, 1.165) is 44.5 Å². The molecule has 2 unspecified atom stereocenters. The van der Waals surface area contributed by atoms with Crippen LogP contribution in [0.2, 0.25) is 20.1 Å². The molecule has 2 saturated heterocycles. The first-order valence-electron chi connectivity index (χ1n) is 14.1. The van der Waals surface area contributed by atoms with Gasteiger partial charge in [-0.2, -0.15) is 0 Å². The summed E-state index contributed by atoms with van der Waals surface area (Å²) in [6, 6.07) is 10.8. The van der Waals surface area contributed by atoms with Gasteiger partial charge in [0.05, 0.1) is 16.1 Å². The number of fused-ring (bicyclic) bond motifs is 2. The topological polar surface area (TPSA) is 43.9 Å². The lowest BCUT2D eigenvalue weighted by molar-refractivity contribution is -0.144. The first-order valence-corrected chi connectivity index (χ1v) is 15.6. The summed E-state index contributed by atoms with van der Waals surface area (Å²) >= 11 is 24.9. The first-order chi connectivity index (χ1) is 19.6. The molecule has 3 aliphatic rings. The normalized spacial score (nSPS) is 22.6. The van der Waals surface area contributed by atoms with Gasteiger partial charge in [-0.15, -0.1) is 0 Å². The third kappa shape index (κ3) is 6.65. The van der Waals surface area contributed by atoms with Crippen LogP contribution < -0.4 is 0 Å². The average Bonchev–Trinajstić information content (AvgIpc) is 2.95. The molecule has 0 radical (unpaired) electrons. The molecule has 2 heterocycles. The van der Waals surface area contributed by atoms with Crippen molar-refractivity contribution in [1.29, 1.82) is 0 Å². The van der Waals surface area contributed by atoms with E-state index in [1.165, 1.54) is 0 Å². The maximum atomic E-state index is 13.3. The maximum absolute atomic E-state index is 13.3. The number of rotatable bonds is 7. The van der Waals surface area contributed by atoms with Crippen LogP contribution in [-0.2, 0) is 4.79 Å². The van der Waals surface area contributed by atoms with Gasteiger partial charge in [0.25, 0.3) is 5.91 Å². The minimum Gasteiger partial charge on any atom is -0.341 e. The molecule has 2 fully saturated rings. The van der Waals surface area contributed by atoms with Gasteiger partial charge < -0.3 is 14.7 Å². The maximum Gasteiger partial charge on any atom is 0.253 e. The number of allylic oxidation sites excluding steroid dienone is 2. The Bertz CT molecular complexity index is 1350. The molecule has 2 aromatic carbocycles. The van der Waals surface area contributed by atoms with E-state index in [-0.39, 0.29) is 29.2 Å². The summed E-state index contributed by atoms with van der Waals surface area (Å²) in [5.74, 6) is 0.509. The number of carbonyl (C=O) groups is 2. The average molecular weight is 635 g/mol. The van der Waals surface area contributed by atoms with Gasteiger partial charge in [0.2, 0.25) is 5.91 Å². The lowest BCUT2D eigenvalue weighted by atomic mass is 9.60. The fraction of sp³-hybridized carbons (Fsp3) is 0.438. The molecule has 0 bridgehead atoms. The summed E-state index contributed by atoms with van der Waals surface area (Å²) in [6.07, 6.45) is 12.1. The Balaban J connectivity index is 1.27. The van der Waals surface area contributed by atoms with Crippen molar-refractivity contribution < 1.29 is 9.59 Å². The number of nitrogens with zero attached hydrogens (tertiary/aromatic N) is 3. The van der Waals surface area contributed by atoms with Crippen molar-refractivity contribution in [2.45, 2.75) is 37.6 Å². The fourth-order valence-electron chi connectivity index (χ4n) is 6.75. The Hall–Kier alpha value is -2.02. The zero-order chi connectivity index (χ0) is 29.3. The second-order valence-corrected chi connectivity index (χ2v) is 13.4. The van der Waals surface area contributed by atoms with Crippen molar-refractivity contribution in [3.8, 4) is 0 Å². The van der Waals surface area contributed by atoms with Gasteiger partial charge in [0, 0.05) is 54.5 Å². The molecule has 0 saturated carbocycles. The number of hydrogen-bond donors (Lipinski definition) is 0. The molecule has 1 spiro atoms. The highest BCUT2D eigenvalue weighted by atomic mass is 35.5. The minimum absolute atomic E-state index is 0.0139. The Morgan fingerprint density at radius 1 is 1.00 bits per heavy atom. The van der Waals surface area contributed by atoms with E-state index in [1.807, 2.05) is 30.1 Å². The number of benzene rings is 2. The van der Waals surface area contributed by atoms with Crippen LogP contribution in [0.1, 0.15) is 47.5 Å². The van der Waals surface area contributed by atoms with Crippen molar-refractivity contribution in [3.63, 3.8) is 0 Å². The van der Waals surface area contributed by atoms with Gasteiger partial charge in [-0.1, -0.05) is 76.8 Å². The van der Waals surface area contributed by atoms with Gasteiger partial charge in [-0.05, 0) is 80.2 Å². The number of piperidine rings is 2. The minimum atomic E-state index is -0.143. The standard InChI is InChI=1S/C32H35Cl4N3O2/c1-37(31(41)23-15-24(33)18-25(34)16-23)20-22(21-7-8-27(35)28(36)17-21)9-12-39-13-10-32(11-14-39)19-30(40)38(2)29-6-4-3-5-26(29)32/h3-8,15-18,22,26,29H,9-14,19-20H2,1-2H3/t22-,26?,29?/m1/s1. The number of hydrogen-bond acceptors (Lipinski definition) is 3. The van der Waals surface area contributed by atoms with E-state index in [9.17, 15) is 9.59 Å². The van der Waals surface area contributed by atoms with Crippen LogP contribution in [0.3, 0.4) is 0 Å². The Morgan fingerprint density at radius 2 is 1.68 bits per heavy atom. The van der Waals surface area contributed by atoms with Crippen LogP contribution in [0.4, 0.5) is 0 Å². The number of likely N-dealkylation sites (N-methyl/N-ethyl adjacent to an activating group) is 2. The molecule has 3 atom stereocenters. The molecule has 0 aromatic heterocycles. The van der Waals surface area contributed by atoms with Crippen molar-refractivity contribution >= 4 is 58.2 Å². The lowest BCUT2D eigenvalue weighted by Gasteiger charge is -2.53. The lowest BCUT2D eigenvalue weighted by Crippen LogP contribution is -2.57. The Morgan fingerprint density at radius 3 is 2.37 bits per heavy atom. The second-order valence-electron chi connectivity index (χ2n) is 11.7. The van der Waals surface area contributed by atoms with Gasteiger partial charge in [-0.25, -0.2) is 0 Å². The highest BCUT2D eigenvalue weighted by molar-refractivity contribution is 6.42. The SMILES string of the molecule is CN(C[C@@H](CCN1CCC2(CC1)CC(=O)N(C)C1C=CC=CC12)c1ccc(Cl)c(Cl)c1)C(=O)c1cc(Cl)cc(Cl)c1. The number of carbonyl (C=O) groups excluding carboxylic acids is 2. The number of halogens is 4. The first kappa shape index (κ1) is 30.4. The molecule has 218 valence electrons. The van der Waals surface area contributed by atoms with Crippen LogP contribution in [-0.4, -0.2) is 72.8 Å². The molecular formula is C32H35Cl4N3O2. The monoisotopic (exact) mass is 633 g/mol. The summed E-state index contributed by atoms with van der Waals surface area (Å²) in [4.78, 5) is 32.3. The van der Waals surface area contributed by atoms with Crippen LogP contribution in [0, 0.1) is 11.3 Å². The summed E-state index contributed by atoms with van der Waals surface area (Å²) in [5.41, 5.74) is 1.51. The summed E-state index contributed by atoms with van der Waals surface area (Å²) in [6.45, 7) is 3.27. The van der Waals surface area contributed by atoms with Crippen molar-refractivity contribution in [2.75, 3.05) is 40.3 Å². The van der Waals surface area contributed by atoms with Crippen molar-refractivity contribution in [3.05, 3.63) is 91.9 Å². The van der Waals surface area contributed by atoms with Crippen LogP contribution in [0.5, 0.6) is 0 Å². The Labute approximate surface area is 262 Å². The largest absolute Gasteiger partial charge is 0.341 e. The predicted octanol–water partition coefficient (Wildman–Crippen LogP) is 7.60. The Kier molecular flexibility index (Phi) is 9.42. The van der Waals surface area contributed by atoms with E-state index in [1.54, 1.807) is 30.1 Å². The molecule has 2 aliphatic heterocycles. The molecule has 5 nitrogen and oxygen atoms in total. The fourth-order valence-corrected chi connectivity index (χ4v) is 7.59. The van der Waals surface area contributed by atoms with Gasteiger partial charge in [0.15, 0.2) is 0 Å². The zero-order valence-electron chi connectivity index (χ0n) is 23.3. The van der Waals surface area contributed by atoms with Crippen LogP contribution in [0.25, 0.3) is 0 Å². The molecular weight excluding hydrogens is 600 g/mol. The smallest absolute Gasteiger partial charge is 0.253 e. The highest BCUT2D eigenvalue weighted by Crippen LogP contribution is 2.49. The predicted molar refractivity (Wildman–Crippen MR) is 168 cm³/mol. The van der Waals surface area contributed by atoms with Crippen molar-refractivity contribution in [2.24, 2.45) is 11.3 Å². The van der Waals surface area contributed by atoms with E-state index >= 15 is 0 Å². The third-order valence-electron chi connectivity index (χ3n) is 9.17. The zero-order valence-corrected chi connectivity index (χ0v) is 26.4. The van der Waals surface area contributed by atoms with Gasteiger partial charge in [0.1, 0.15) is 0 Å². The van der Waals surface area contributed by atoms with E-state index < -0.39 is 0 Å². The molecule has 41 heavy (non-hydrogen) atoms.